The highest BCUT2D eigenvalue weighted by molar-refractivity contribution is 5.97. The van der Waals surface area contributed by atoms with E-state index in [1.165, 1.54) is 0 Å². The second-order valence-corrected chi connectivity index (χ2v) is 4.90. The maximum absolute atomic E-state index is 12.0. The third kappa shape index (κ3) is 5.11. The zero-order chi connectivity index (χ0) is 12.9. The molecule has 1 aromatic carbocycles. The van der Waals surface area contributed by atoms with Crippen LogP contribution < -0.4 is 0 Å². The van der Waals surface area contributed by atoms with E-state index in [1.807, 2.05) is 42.2 Å². The van der Waals surface area contributed by atoms with E-state index in [0.717, 1.165) is 12.1 Å². The normalized spacial score (nSPS) is 11.8. The highest BCUT2D eigenvalue weighted by atomic mass is 16.3. The van der Waals surface area contributed by atoms with Gasteiger partial charge >= 0.3 is 0 Å². The molecule has 0 aliphatic carbocycles. The number of carbonyl (C=O) groups is 1. The molecule has 1 aromatic rings. The Morgan fingerprint density at radius 3 is 2.35 bits per heavy atom. The molecule has 0 aliphatic heterocycles. The van der Waals surface area contributed by atoms with Gasteiger partial charge < -0.3 is 5.11 Å². The first-order valence-corrected chi connectivity index (χ1v) is 5.95. The number of carbonyl (C=O) groups excluding carboxylic acids is 1. The lowest BCUT2D eigenvalue weighted by Crippen LogP contribution is -2.41. The monoisotopic (exact) mass is 235 g/mol. The molecule has 0 radical (unpaired) electrons. The number of hydrogen-bond acceptors (Lipinski definition) is 3. The SMILES string of the molecule is CCN(CC(=O)c1ccccc1)CC(C)(C)O. The van der Waals surface area contributed by atoms with E-state index in [1.54, 1.807) is 13.8 Å². The van der Waals surface area contributed by atoms with Gasteiger partial charge in [-0.2, -0.15) is 0 Å². The van der Waals surface area contributed by atoms with Gasteiger partial charge in [0.25, 0.3) is 0 Å². The molecule has 94 valence electrons. The van der Waals surface area contributed by atoms with Gasteiger partial charge in [-0.1, -0.05) is 37.3 Å². The molecule has 0 saturated heterocycles. The highest BCUT2D eigenvalue weighted by Gasteiger charge is 2.19. The van der Waals surface area contributed by atoms with Crippen molar-refractivity contribution in [2.24, 2.45) is 0 Å². The average Bonchev–Trinajstić information content (AvgIpc) is 2.27. The lowest BCUT2D eigenvalue weighted by molar-refractivity contribution is 0.0376. The zero-order valence-electron chi connectivity index (χ0n) is 10.8. The Bertz CT molecular complexity index is 354. The second kappa shape index (κ2) is 5.94. The summed E-state index contributed by atoms with van der Waals surface area (Å²) in [6, 6.07) is 9.25. The Morgan fingerprint density at radius 1 is 1.29 bits per heavy atom. The topological polar surface area (TPSA) is 40.5 Å². The van der Waals surface area contributed by atoms with E-state index in [2.05, 4.69) is 0 Å². The molecule has 1 rings (SSSR count). The predicted octanol–water partition coefficient (Wildman–Crippen LogP) is 1.96. The van der Waals surface area contributed by atoms with E-state index < -0.39 is 5.60 Å². The Hall–Kier alpha value is -1.19. The maximum Gasteiger partial charge on any atom is 0.176 e. The molecule has 0 heterocycles. The Balaban J connectivity index is 2.60. The van der Waals surface area contributed by atoms with Crippen LogP contribution >= 0.6 is 0 Å². The van der Waals surface area contributed by atoms with Gasteiger partial charge in [0, 0.05) is 12.1 Å². The van der Waals surface area contributed by atoms with Gasteiger partial charge in [-0.3, -0.25) is 9.69 Å². The second-order valence-electron chi connectivity index (χ2n) is 4.90. The fourth-order valence-corrected chi connectivity index (χ4v) is 1.75. The first-order valence-electron chi connectivity index (χ1n) is 5.95. The zero-order valence-corrected chi connectivity index (χ0v) is 10.8. The summed E-state index contributed by atoms with van der Waals surface area (Å²) < 4.78 is 0. The van der Waals surface area contributed by atoms with Crippen LogP contribution in [-0.4, -0.2) is 41.0 Å². The van der Waals surface area contributed by atoms with Crippen molar-refractivity contribution in [1.29, 1.82) is 0 Å². The van der Waals surface area contributed by atoms with E-state index in [9.17, 15) is 9.90 Å². The molecule has 0 aromatic heterocycles. The molecule has 0 unspecified atom stereocenters. The number of aliphatic hydroxyl groups is 1. The lowest BCUT2D eigenvalue weighted by atomic mass is 10.1. The van der Waals surface area contributed by atoms with Gasteiger partial charge in [-0.25, -0.2) is 0 Å². The smallest absolute Gasteiger partial charge is 0.176 e. The minimum atomic E-state index is -0.771. The summed E-state index contributed by atoms with van der Waals surface area (Å²) in [5, 5.41) is 9.75. The molecule has 17 heavy (non-hydrogen) atoms. The average molecular weight is 235 g/mol. The third-order valence-corrected chi connectivity index (χ3v) is 2.52. The molecule has 0 spiro atoms. The van der Waals surface area contributed by atoms with Crippen LogP contribution in [0.4, 0.5) is 0 Å². The van der Waals surface area contributed by atoms with Crippen molar-refractivity contribution in [2.75, 3.05) is 19.6 Å². The molecule has 0 saturated carbocycles. The number of nitrogens with zero attached hydrogens (tertiary/aromatic N) is 1. The van der Waals surface area contributed by atoms with Gasteiger partial charge in [0.15, 0.2) is 5.78 Å². The summed E-state index contributed by atoms with van der Waals surface area (Å²) in [7, 11) is 0. The van der Waals surface area contributed by atoms with Crippen LogP contribution in [0, 0.1) is 0 Å². The predicted molar refractivity (Wildman–Crippen MR) is 69.2 cm³/mol. The van der Waals surface area contributed by atoms with Crippen molar-refractivity contribution in [3.63, 3.8) is 0 Å². The number of rotatable bonds is 6. The summed E-state index contributed by atoms with van der Waals surface area (Å²) in [6.45, 7) is 7.10. The summed E-state index contributed by atoms with van der Waals surface area (Å²) in [4.78, 5) is 13.9. The quantitative estimate of drug-likeness (QED) is 0.766. The molecule has 3 nitrogen and oxygen atoms in total. The van der Waals surface area contributed by atoms with Crippen LogP contribution in [0.15, 0.2) is 30.3 Å². The molecule has 0 amide bonds. The minimum absolute atomic E-state index is 0.0942. The number of Topliss-reactive ketones (excluding diaryl/α,β-unsaturated/α-hetero) is 1. The summed E-state index contributed by atoms with van der Waals surface area (Å²) in [5.74, 6) is 0.0942. The summed E-state index contributed by atoms with van der Waals surface area (Å²) in [6.07, 6.45) is 0. The third-order valence-electron chi connectivity index (χ3n) is 2.52. The van der Waals surface area contributed by atoms with Crippen LogP contribution in [0.25, 0.3) is 0 Å². The Labute approximate surface area is 103 Å². The van der Waals surface area contributed by atoms with Crippen LogP contribution in [0.1, 0.15) is 31.1 Å². The van der Waals surface area contributed by atoms with Crippen molar-refractivity contribution in [1.82, 2.24) is 4.90 Å². The highest BCUT2D eigenvalue weighted by Crippen LogP contribution is 2.07. The van der Waals surface area contributed by atoms with Gasteiger partial charge in [-0.15, -0.1) is 0 Å². The van der Waals surface area contributed by atoms with E-state index in [0.29, 0.717) is 13.1 Å². The molecule has 3 heteroatoms. The molecular weight excluding hydrogens is 214 g/mol. The molecule has 0 aliphatic rings. The van der Waals surface area contributed by atoms with E-state index in [-0.39, 0.29) is 5.78 Å². The van der Waals surface area contributed by atoms with Crippen molar-refractivity contribution in [2.45, 2.75) is 26.4 Å². The number of ketones is 1. The van der Waals surface area contributed by atoms with Gasteiger partial charge in [0.05, 0.1) is 12.1 Å². The van der Waals surface area contributed by atoms with Gasteiger partial charge in [-0.05, 0) is 20.4 Å². The van der Waals surface area contributed by atoms with Crippen molar-refractivity contribution in [3.05, 3.63) is 35.9 Å². The standard InChI is InChI=1S/C14H21NO2/c1-4-15(11-14(2,3)17)10-13(16)12-8-6-5-7-9-12/h5-9,17H,4,10-11H2,1-3H3. The molecule has 0 bridgehead atoms. The fraction of sp³-hybridized carbons (Fsp3) is 0.500. The van der Waals surface area contributed by atoms with Crippen LogP contribution in [0.2, 0.25) is 0 Å². The summed E-state index contributed by atoms with van der Waals surface area (Å²) in [5.41, 5.74) is -0.0471. The number of hydrogen-bond donors (Lipinski definition) is 1. The lowest BCUT2D eigenvalue weighted by Gasteiger charge is -2.27. The van der Waals surface area contributed by atoms with Gasteiger partial charge in [0.1, 0.15) is 0 Å². The first-order chi connectivity index (χ1) is 7.92. The van der Waals surface area contributed by atoms with Gasteiger partial charge in [0.2, 0.25) is 0 Å². The van der Waals surface area contributed by atoms with E-state index in [4.69, 9.17) is 0 Å². The van der Waals surface area contributed by atoms with Crippen molar-refractivity contribution >= 4 is 5.78 Å². The fourth-order valence-electron chi connectivity index (χ4n) is 1.75. The Kier molecular flexibility index (Phi) is 4.85. The molecular formula is C14H21NO2. The Morgan fingerprint density at radius 2 is 1.88 bits per heavy atom. The summed E-state index contributed by atoms with van der Waals surface area (Å²) >= 11 is 0. The van der Waals surface area contributed by atoms with Crippen LogP contribution in [-0.2, 0) is 0 Å². The minimum Gasteiger partial charge on any atom is -0.389 e. The number of benzene rings is 1. The first kappa shape index (κ1) is 13.9. The molecule has 0 atom stereocenters. The van der Waals surface area contributed by atoms with E-state index >= 15 is 0 Å². The van der Waals surface area contributed by atoms with Crippen LogP contribution in [0.5, 0.6) is 0 Å². The van der Waals surface area contributed by atoms with Crippen LogP contribution in [0.3, 0.4) is 0 Å². The molecule has 1 N–H and O–H groups in total. The van der Waals surface area contributed by atoms with Crippen molar-refractivity contribution < 1.29 is 9.90 Å². The number of likely N-dealkylation sites (N-methyl/N-ethyl adjacent to an activating group) is 1. The molecule has 0 fully saturated rings. The maximum atomic E-state index is 12.0. The van der Waals surface area contributed by atoms with Crippen molar-refractivity contribution in [3.8, 4) is 0 Å². The largest absolute Gasteiger partial charge is 0.389 e.